The highest BCUT2D eigenvalue weighted by atomic mass is 19.4. The molecular formula is C59H31F6N5. The van der Waals surface area contributed by atoms with Gasteiger partial charge >= 0.3 is 12.4 Å². The first kappa shape index (κ1) is 43.2. The molecule has 11 heteroatoms. The Bertz CT molecular complexity index is 4060. The molecule has 0 bridgehead atoms. The lowest BCUT2D eigenvalue weighted by Gasteiger charge is -2.21. The molecule has 334 valence electrons. The Balaban J connectivity index is 1.23. The van der Waals surface area contributed by atoms with E-state index >= 15 is 0 Å². The van der Waals surface area contributed by atoms with Crippen molar-refractivity contribution in [2.24, 2.45) is 0 Å². The van der Waals surface area contributed by atoms with E-state index in [1.54, 1.807) is 48.5 Å². The van der Waals surface area contributed by atoms with Crippen LogP contribution >= 0.6 is 0 Å². The molecule has 0 unspecified atom stereocenters. The first-order valence-electron chi connectivity index (χ1n) is 21.8. The molecule has 0 aliphatic rings. The summed E-state index contributed by atoms with van der Waals surface area (Å²) in [4.78, 5) is 7.50. The quantitative estimate of drug-likeness (QED) is 0.121. The number of nitriles is 1. The van der Waals surface area contributed by atoms with Crippen molar-refractivity contribution in [1.82, 2.24) is 9.13 Å². The maximum absolute atomic E-state index is 14.4. The Morgan fingerprint density at radius 1 is 0.386 bits per heavy atom. The molecule has 0 radical (unpaired) electrons. The molecule has 0 aliphatic heterocycles. The summed E-state index contributed by atoms with van der Waals surface area (Å²) < 4.78 is 90.4. The van der Waals surface area contributed by atoms with Gasteiger partial charge in [-0.3, -0.25) is 0 Å². The standard InChI is InChI=1S/C59H31F6N5/c1-67-50-15-7-3-11-42(50)37-21-25-55-48(31-37)44-13-5-9-17-52(44)69(55)54-24-20-36(39-28-40(58(60,61)62)33-41(29-39)59(63,64)65)30-47(54)46-23-19-35(34-66)27-57(46)70-53-18-10-6-14-45(53)49-32-38(22-26-56(49)70)43-12-4-8-16-51(43)68-2/h3-33H. The molecule has 0 fully saturated rings. The third kappa shape index (κ3) is 7.18. The van der Waals surface area contributed by atoms with E-state index in [2.05, 4.69) is 15.8 Å². The van der Waals surface area contributed by atoms with E-state index in [0.29, 0.717) is 39.4 Å². The molecule has 0 atom stereocenters. The van der Waals surface area contributed by atoms with Gasteiger partial charge in [-0.2, -0.15) is 31.6 Å². The van der Waals surface area contributed by atoms with Gasteiger partial charge in [0, 0.05) is 32.7 Å². The van der Waals surface area contributed by atoms with Crippen LogP contribution in [0.15, 0.2) is 188 Å². The van der Waals surface area contributed by atoms with Crippen molar-refractivity contribution >= 4 is 55.0 Å². The van der Waals surface area contributed by atoms with Gasteiger partial charge in [0.05, 0.1) is 69.3 Å². The number of hydrogen-bond acceptors (Lipinski definition) is 1. The molecule has 0 spiro atoms. The summed E-state index contributed by atoms with van der Waals surface area (Å²) in [6.45, 7) is 15.7. The Hall–Kier alpha value is -9.37. The molecule has 0 amide bonds. The minimum absolute atomic E-state index is 0.0924. The van der Waals surface area contributed by atoms with Gasteiger partial charge in [-0.25, -0.2) is 9.69 Å². The van der Waals surface area contributed by atoms with E-state index in [1.165, 1.54) is 6.07 Å². The summed E-state index contributed by atoms with van der Waals surface area (Å²) >= 11 is 0. The number of benzene rings is 9. The van der Waals surface area contributed by atoms with Crippen LogP contribution in [0.1, 0.15) is 16.7 Å². The summed E-state index contributed by atoms with van der Waals surface area (Å²) in [5.41, 5.74) is 6.38. The van der Waals surface area contributed by atoms with Crippen molar-refractivity contribution in [3.8, 4) is 62.0 Å². The number of halogens is 6. The molecule has 2 heterocycles. The number of fused-ring (bicyclic) bond motifs is 6. The van der Waals surface area contributed by atoms with Crippen LogP contribution in [0.25, 0.3) is 109 Å². The molecular weight excluding hydrogens is 893 g/mol. The summed E-state index contributed by atoms with van der Waals surface area (Å²) in [5, 5.41) is 13.8. The molecule has 5 nitrogen and oxygen atoms in total. The lowest BCUT2D eigenvalue weighted by atomic mass is 9.93. The number of alkyl halides is 6. The zero-order valence-electron chi connectivity index (χ0n) is 36.4. The van der Waals surface area contributed by atoms with Crippen molar-refractivity contribution in [1.29, 1.82) is 5.26 Å². The fraction of sp³-hybridized carbons (Fsp3) is 0.0339. The van der Waals surface area contributed by atoms with E-state index in [4.69, 9.17) is 13.1 Å². The van der Waals surface area contributed by atoms with Crippen LogP contribution in [-0.4, -0.2) is 9.13 Å². The van der Waals surface area contributed by atoms with Crippen molar-refractivity contribution in [2.75, 3.05) is 0 Å². The average molecular weight is 924 g/mol. The molecule has 0 saturated heterocycles. The fourth-order valence-corrected chi connectivity index (χ4v) is 9.69. The highest BCUT2D eigenvalue weighted by Crippen LogP contribution is 2.46. The van der Waals surface area contributed by atoms with Crippen molar-refractivity contribution in [2.45, 2.75) is 12.4 Å². The molecule has 2 aromatic heterocycles. The molecule has 11 rings (SSSR count). The fourth-order valence-electron chi connectivity index (χ4n) is 9.69. The van der Waals surface area contributed by atoms with E-state index in [9.17, 15) is 31.6 Å². The van der Waals surface area contributed by atoms with Crippen LogP contribution in [0.3, 0.4) is 0 Å². The van der Waals surface area contributed by atoms with Gasteiger partial charge in [-0.15, -0.1) is 0 Å². The second-order valence-corrected chi connectivity index (χ2v) is 16.8. The number of para-hydroxylation sites is 4. The first-order chi connectivity index (χ1) is 33.8. The number of nitrogens with zero attached hydrogens (tertiary/aromatic N) is 5. The summed E-state index contributed by atoms with van der Waals surface area (Å²) in [7, 11) is 0. The molecule has 0 saturated carbocycles. The minimum Gasteiger partial charge on any atom is -0.309 e. The number of rotatable bonds is 6. The maximum Gasteiger partial charge on any atom is 0.416 e. The highest BCUT2D eigenvalue weighted by molar-refractivity contribution is 6.13. The average Bonchev–Trinajstić information content (AvgIpc) is 3.89. The van der Waals surface area contributed by atoms with Crippen molar-refractivity contribution in [3.63, 3.8) is 0 Å². The number of aromatic nitrogens is 2. The maximum atomic E-state index is 14.4. The van der Waals surface area contributed by atoms with Gasteiger partial charge in [0.1, 0.15) is 0 Å². The third-order valence-electron chi connectivity index (χ3n) is 12.8. The Kier molecular flexibility index (Phi) is 10.2. The third-order valence-corrected chi connectivity index (χ3v) is 12.8. The zero-order valence-corrected chi connectivity index (χ0v) is 36.4. The normalized spacial score (nSPS) is 11.8. The highest BCUT2D eigenvalue weighted by Gasteiger charge is 2.37. The molecule has 0 aliphatic carbocycles. The lowest BCUT2D eigenvalue weighted by molar-refractivity contribution is -0.143. The zero-order chi connectivity index (χ0) is 48.5. The second-order valence-electron chi connectivity index (χ2n) is 16.8. The van der Waals surface area contributed by atoms with E-state index in [-0.39, 0.29) is 17.2 Å². The SMILES string of the molecule is [C-]#[N+]c1ccccc1-c1ccc2c(c1)c1ccccc1n2-c1ccc(-c2cc(C(F)(F)F)cc(C(F)(F)F)c2)cc1-c1ccc(C#N)cc1-n1c2ccccc2c2cc(-c3ccccc3[N+]#[C-])ccc21. The van der Waals surface area contributed by atoms with E-state index in [0.717, 1.165) is 78.0 Å². The molecule has 11 aromatic rings. The van der Waals surface area contributed by atoms with Gasteiger partial charge in [-0.05, 0) is 112 Å². The Morgan fingerprint density at radius 3 is 1.37 bits per heavy atom. The predicted octanol–water partition coefficient (Wildman–Crippen LogP) is 17.6. The smallest absolute Gasteiger partial charge is 0.309 e. The van der Waals surface area contributed by atoms with Gasteiger partial charge in [0.25, 0.3) is 0 Å². The lowest BCUT2D eigenvalue weighted by Crippen LogP contribution is -2.11. The second kappa shape index (κ2) is 16.4. The van der Waals surface area contributed by atoms with E-state index < -0.39 is 23.5 Å². The van der Waals surface area contributed by atoms with Gasteiger partial charge in [-0.1, -0.05) is 109 Å². The topological polar surface area (TPSA) is 42.4 Å². The van der Waals surface area contributed by atoms with Crippen LogP contribution < -0.4 is 0 Å². The molecule has 0 N–H and O–H groups in total. The summed E-state index contributed by atoms with van der Waals surface area (Å²) in [5.74, 6) is 0. The predicted molar refractivity (Wildman–Crippen MR) is 264 cm³/mol. The number of hydrogen-bond donors (Lipinski definition) is 0. The largest absolute Gasteiger partial charge is 0.416 e. The van der Waals surface area contributed by atoms with Crippen LogP contribution in [0.4, 0.5) is 37.7 Å². The Labute approximate surface area is 396 Å². The minimum atomic E-state index is -5.08. The van der Waals surface area contributed by atoms with Gasteiger partial charge in [0.15, 0.2) is 11.4 Å². The van der Waals surface area contributed by atoms with Crippen LogP contribution in [-0.2, 0) is 12.4 Å². The van der Waals surface area contributed by atoms with Crippen LogP contribution in [0, 0.1) is 24.5 Å². The Morgan fingerprint density at radius 2 is 0.857 bits per heavy atom. The van der Waals surface area contributed by atoms with Crippen LogP contribution in [0.2, 0.25) is 0 Å². The first-order valence-corrected chi connectivity index (χ1v) is 21.8. The molecule has 70 heavy (non-hydrogen) atoms. The van der Waals surface area contributed by atoms with E-state index in [1.807, 2.05) is 124 Å². The van der Waals surface area contributed by atoms with Crippen LogP contribution in [0.5, 0.6) is 0 Å². The summed E-state index contributed by atoms with van der Waals surface area (Å²) in [6.07, 6.45) is -10.2. The molecule has 9 aromatic carbocycles. The van der Waals surface area contributed by atoms with Gasteiger partial charge < -0.3 is 9.13 Å². The van der Waals surface area contributed by atoms with Crippen molar-refractivity contribution in [3.05, 3.63) is 228 Å². The summed E-state index contributed by atoms with van der Waals surface area (Å²) in [6, 6.07) is 55.7. The van der Waals surface area contributed by atoms with Crippen molar-refractivity contribution < 1.29 is 26.3 Å². The van der Waals surface area contributed by atoms with Gasteiger partial charge in [0.2, 0.25) is 0 Å². The monoisotopic (exact) mass is 923 g/mol.